The van der Waals surface area contributed by atoms with Gasteiger partial charge in [-0.15, -0.1) is 0 Å². The first kappa shape index (κ1) is 30.8. The molecule has 1 aliphatic heterocycles. The van der Waals surface area contributed by atoms with Crippen LogP contribution >= 0.6 is 0 Å². The van der Waals surface area contributed by atoms with Gasteiger partial charge in [0.1, 0.15) is 6.04 Å². The number of likely N-dealkylation sites (N-methyl/N-ethyl adjacent to an activating group) is 1. The minimum absolute atomic E-state index is 0.0667. The fourth-order valence-electron chi connectivity index (χ4n) is 4.88. The van der Waals surface area contributed by atoms with Gasteiger partial charge in [-0.3, -0.25) is 19.2 Å². The van der Waals surface area contributed by atoms with Gasteiger partial charge in [0.15, 0.2) is 0 Å². The number of nitrogens with one attached hydrogen (secondary N) is 1. The smallest absolute Gasteiger partial charge is 0.325 e. The molecule has 0 aromatic rings. The maximum absolute atomic E-state index is 13.5. The number of amides is 3. The zero-order valence-electron chi connectivity index (χ0n) is 22.2. The minimum atomic E-state index is -1.13. The molecule has 3 amide bonds. The van der Waals surface area contributed by atoms with Crippen LogP contribution in [0.5, 0.6) is 0 Å². The lowest BCUT2D eigenvalue weighted by atomic mass is 9.90. The van der Waals surface area contributed by atoms with Crippen molar-refractivity contribution in [3.63, 3.8) is 0 Å². The van der Waals surface area contributed by atoms with Crippen LogP contribution in [0.1, 0.15) is 53.4 Å². The first-order valence-corrected chi connectivity index (χ1v) is 12.3. The van der Waals surface area contributed by atoms with Crippen molar-refractivity contribution < 1.29 is 33.8 Å². The lowest BCUT2D eigenvalue weighted by molar-refractivity contribution is -0.146. The standard InChI is InChI=1S/C24H44N4O7/c1-8-14(2)21(27(5)20(30)13-25)18(34-6)12-19(29)28-11-9-10-17(28)22(35-7)15(3)23(31)26-16(4)24(32)33/h14-18,21-22H,8-13,25H2,1-7H3,(H,26,31)(H,32,33)/t14?,15?,16-,17?,18?,21?,22?/m0/s1. The number of carboxylic acids is 1. The first-order chi connectivity index (χ1) is 16.4. The van der Waals surface area contributed by atoms with Gasteiger partial charge in [0, 0.05) is 27.8 Å². The van der Waals surface area contributed by atoms with Gasteiger partial charge in [0.05, 0.1) is 43.2 Å². The quantitative estimate of drug-likeness (QED) is 0.311. The van der Waals surface area contributed by atoms with E-state index >= 15 is 0 Å². The first-order valence-electron chi connectivity index (χ1n) is 12.3. The lowest BCUT2D eigenvalue weighted by Crippen LogP contribution is -2.54. The number of methoxy groups -OCH3 is 2. The molecule has 0 radical (unpaired) electrons. The van der Waals surface area contributed by atoms with Crippen molar-refractivity contribution in [1.82, 2.24) is 15.1 Å². The zero-order valence-corrected chi connectivity index (χ0v) is 22.2. The molecular formula is C24H44N4O7. The molecule has 1 heterocycles. The Balaban J connectivity index is 3.05. The average molecular weight is 501 g/mol. The molecule has 202 valence electrons. The second-order valence-corrected chi connectivity index (χ2v) is 9.42. The molecule has 0 saturated carbocycles. The summed E-state index contributed by atoms with van der Waals surface area (Å²) >= 11 is 0. The van der Waals surface area contributed by atoms with Crippen molar-refractivity contribution >= 4 is 23.7 Å². The van der Waals surface area contributed by atoms with E-state index in [1.165, 1.54) is 21.1 Å². The maximum atomic E-state index is 13.5. The van der Waals surface area contributed by atoms with Crippen molar-refractivity contribution in [2.24, 2.45) is 17.6 Å². The Labute approximate surface area is 208 Å². The van der Waals surface area contributed by atoms with Gasteiger partial charge in [-0.1, -0.05) is 27.2 Å². The molecule has 7 atom stereocenters. The van der Waals surface area contributed by atoms with Gasteiger partial charge in [-0.25, -0.2) is 0 Å². The molecule has 35 heavy (non-hydrogen) atoms. The summed E-state index contributed by atoms with van der Waals surface area (Å²) in [6.45, 7) is 7.49. The number of carboxylic acid groups (broad SMARTS) is 1. The number of likely N-dealkylation sites (tertiary alicyclic amines) is 1. The number of carbonyl (C=O) groups is 4. The Morgan fingerprint density at radius 1 is 1.17 bits per heavy atom. The number of rotatable bonds is 14. The third-order valence-electron chi connectivity index (χ3n) is 7.21. The molecule has 0 aliphatic carbocycles. The summed E-state index contributed by atoms with van der Waals surface area (Å²) < 4.78 is 11.4. The molecule has 0 aromatic carbocycles. The summed E-state index contributed by atoms with van der Waals surface area (Å²) in [4.78, 5) is 52.9. The molecule has 6 unspecified atom stereocenters. The predicted octanol–water partition coefficient (Wildman–Crippen LogP) is 0.455. The van der Waals surface area contributed by atoms with E-state index in [1.54, 1.807) is 23.8 Å². The van der Waals surface area contributed by atoms with Crippen LogP contribution in [0.2, 0.25) is 0 Å². The number of hydrogen-bond acceptors (Lipinski definition) is 7. The van der Waals surface area contributed by atoms with Crippen LogP contribution in [-0.4, -0.2) is 103 Å². The minimum Gasteiger partial charge on any atom is -0.480 e. The third kappa shape index (κ3) is 7.88. The monoisotopic (exact) mass is 500 g/mol. The van der Waals surface area contributed by atoms with Crippen LogP contribution in [0, 0.1) is 11.8 Å². The molecule has 1 fully saturated rings. The van der Waals surface area contributed by atoms with Gasteiger partial charge in [0.25, 0.3) is 0 Å². The van der Waals surface area contributed by atoms with Crippen LogP contribution in [0.15, 0.2) is 0 Å². The number of ether oxygens (including phenoxy) is 2. The topological polar surface area (TPSA) is 152 Å². The molecule has 1 saturated heterocycles. The van der Waals surface area contributed by atoms with Crippen LogP contribution < -0.4 is 11.1 Å². The van der Waals surface area contributed by atoms with E-state index in [-0.39, 0.29) is 42.8 Å². The molecule has 0 bridgehead atoms. The van der Waals surface area contributed by atoms with E-state index in [9.17, 15) is 19.2 Å². The second-order valence-electron chi connectivity index (χ2n) is 9.42. The molecule has 0 aromatic heterocycles. The number of hydrogen-bond donors (Lipinski definition) is 3. The predicted molar refractivity (Wildman–Crippen MR) is 130 cm³/mol. The normalized spacial score (nSPS) is 20.9. The largest absolute Gasteiger partial charge is 0.480 e. The zero-order chi connectivity index (χ0) is 26.9. The highest BCUT2D eigenvalue weighted by Crippen LogP contribution is 2.29. The van der Waals surface area contributed by atoms with E-state index in [0.29, 0.717) is 13.0 Å². The van der Waals surface area contributed by atoms with Crippen LogP contribution in [0.25, 0.3) is 0 Å². The Morgan fingerprint density at radius 3 is 2.29 bits per heavy atom. The Kier molecular flexibility index (Phi) is 12.6. The summed E-state index contributed by atoms with van der Waals surface area (Å²) in [7, 11) is 4.70. The van der Waals surface area contributed by atoms with Crippen molar-refractivity contribution in [3.05, 3.63) is 0 Å². The van der Waals surface area contributed by atoms with Gasteiger partial charge in [-0.2, -0.15) is 0 Å². The van der Waals surface area contributed by atoms with Crippen molar-refractivity contribution in [1.29, 1.82) is 0 Å². The second kappa shape index (κ2) is 14.4. The van der Waals surface area contributed by atoms with Crippen LogP contribution in [0.4, 0.5) is 0 Å². The summed E-state index contributed by atoms with van der Waals surface area (Å²) in [5.74, 6) is -2.53. The summed E-state index contributed by atoms with van der Waals surface area (Å²) in [6.07, 6.45) is 1.15. The summed E-state index contributed by atoms with van der Waals surface area (Å²) in [5.41, 5.74) is 5.57. The van der Waals surface area contributed by atoms with E-state index in [1.807, 2.05) is 13.8 Å². The van der Waals surface area contributed by atoms with Crippen molar-refractivity contribution in [2.75, 3.05) is 34.4 Å². The summed E-state index contributed by atoms with van der Waals surface area (Å²) in [6, 6.07) is -1.69. The van der Waals surface area contributed by atoms with Gasteiger partial charge >= 0.3 is 5.97 Å². The molecule has 1 rings (SSSR count). The summed E-state index contributed by atoms with van der Waals surface area (Å²) in [5, 5.41) is 11.6. The highest BCUT2D eigenvalue weighted by atomic mass is 16.5. The van der Waals surface area contributed by atoms with Gasteiger partial charge in [-0.05, 0) is 25.7 Å². The molecule has 11 nitrogen and oxygen atoms in total. The number of carbonyl (C=O) groups excluding carboxylic acids is 3. The maximum Gasteiger partial charge on any atom is 0.325 e. The molecular weight excluding hydrogens is 456 g/mol. The van der Waals surface area contributed by atoms with Crippen molar-refractivity contribution in [3.8, 4) is 0 Å². The van der Waals surface area contributed by atoms with E-state index in [2.05, 4.69) is 5.32 Å². The lowest BCUT2D eigenvalue weighted by Gasteiger charge is -2.39. The fourth-order valence-corrected chi connectivity index (χ4v) is 4.88. The molecule has 11 heteroatoms. The van der Waals surface area contributed by atoms with Crippen LogP contribution in [-0.2, 0) is 28.7 Å². The van der Waals surface area contributed by atoms with Crippen molar-refractivity contribution in [2.45, 2.75) is 83.7 Å². The SMILES string of the molecule is CCC(C)C(C(CC(=O)N1CCCC1C(OC)C(C)C(=O)N[C@@H](C)C(=O)O)OC)N(C)C(=O)CN. The Hall–Kier alpha value is -2.24. The third-order valence-corrected chi connectivity index (χ3v) is 7.21. The molecule has 1 aliphatic rings. The number of nitrogens with two attached hydrogens (primary N) is 1. The highest BCUT2D eigenvalue weighted by molar-refractivity contribution is 5.85. The van der Waals surface area contributed by atoms with E-state index in [4.69, 9.17) is 20.3 Å². The number of nitrogens with zero attached hydrogens (tertiary/aromatic N) is 2. The molecule has 0 spiro atoms. The van der Waals surface area contributed by atoms with E-state index < -0.39 is 36.0 Å². The van der Waals surface area contributed by atoms with E-state index in [0.717, 1.165) is 12.8 Å². The molecule has 4 N–H and O–H groups in total. The Bertz CT molecular complexity index is 735. The fraction of sp³-hybridized carbons (Fsp3) is 0.833. The number of aliphatic carboxylic acids is 1. The average Bonchev–Trinajstić information content (AvgIpc) is 3.32. The van der Waals surface area contributed by atoms with Gasteiger partial charge in [0.2, 0.25) is 17.7 Å². The Morgan fingerprint density at radius 2 is 1.80 bits per heavy atom. The van der Waals surface area contributed by atoms with Crippen LogP contribution in [0.3, 0.4) is 0 Å². The highest BCUT2D eigenvalue weighted by Gasteiger charge is 2.42. The van der Waals surface area contributed by atoms with Gasteiger partial charge < -0.3 is 35.4 Å².